The van der Waals surface area contributed by atoms with Crippen molar-refractivity contribution in [3.8, 4) is 5.75 Å². The zero-order valence-corrected chi connectivity index (χ0v) is 13.1. The van der Waals surface area contributed by atoms with E-state index in [0.717, 1.165) is 25.4 Å². The molecule has 0 saturated carbocycles. The second kappa shape index (κ2) is 7.81. The Hall–Kier alpha value is -1.84. The van der Waals surface area contributed by atoms with Gasteiger partial charge in [-0.25, -0.2) is 0 Å². The maximum atomic E-state index is 5.25. The van der Waals surface area contributed by atoms with Gasteiger partial charge >= 0.3 is 0 Å². The molecule has 0 spiro atoms. The molecule has 0 fully saturated rings. The fourth-order valence-corrected chi connectivity index (χ4v) is 2.35. The fourth-order valence-electron chi connectivity index (χ4n) is 2.35. The smallest absolute Gasteiger partial charge is 0.119 e. The highest BCUT2D eigenvalue weighted by Gasteiger charge is 2.03. The van der Waals surface area contributed by atoms with Gasteiger partial charge in [-0.15, -0.1) is 0 Å². The van der Waals surface area contributed by atoms with Gasteiger partial charge in [-0.1, -0.05) is 36.4 Å². The van der Waals surface area contributed by atoms with E-state index in [1.165, 1.54) is 16.7 Å². The van der Waals surface area contributed by atoms with E-state index in [-0.39, 0.29) is 0 Å². The summed E-state index contributed by atoms with van der Waals surface area (Å²) in [5.41, 5.74) is 3.97. The molecule has 21 heavy (non-hydrogen) atoms. The monoisotopic (exact) mass is 284 g/mol. The minimum atomic E-state index is 0.841. The van der Waals surface area contributed by atoms with Crippen LogP contribution in [-0.4, -0.2) is 26.1 Å². The van der Waals surface area contributed by atoms with Crippen LogP contribution in [-0.2, 0) is 19.6 Å². The third-order valence-electron chi connectivity index (χ3n) is 3.38. The first kappa shape index (κ1) is 15.5. The zero-order valence-electron chi connectivity index (χ0n) is 13.1. The summed E-state index contributed by atoms with van der Waals surface area (Å²) in [5.74, 6) is 0.905. The average Bonchev–Trinajstić information content (AvgIpc) is 2.49. The van der Waals surface area contributed by atoms with Crippen LogP contribution in [0.5, 0.6) is 5.75 Å². The molecule has 0 radical (unpaired) electrons. The molecule has 0 aliphatic carbocycles. The topological polar surface area (TPSA) is 24.5 Å². The lowest BCUT2D eigenvalue weighted by atomic mass is 10.1. The van der Waals surface area contributed by atoms with E-state index in [1.807, 2.05) is 12.1 Å². The van der Waals surface area contributed by atoms with Crippen molar-refractivity contribution in [2.45, 2.75) is 19.6 Å². The predicted octanol–water partition coefficient (Wildman–Crippen LogP) is 3.05. The summed E-state index contributed by atoms with van der Waals surface area (Å²) in [7, 11) is 5.89. The normalized spacial score (nSPS) is 10.9. The number of hydrogen-bond acceptors (Lipinski definition) is 3. The van der Waals surface area contributed by atoms with Crippen LogP contribution in [0.3, 0.4) is 0 Å². The second-order valence-electron chi connectivity index (χ2n) is 5.46. The number of benzene rings is 2. The van der Waals surface area contributed by atoms with Crippen molar-refractivity contribution in [3.05, 3.63) is 65.2 Å². The molecule has 0 aliphatic rings. The van der Waals surface area contributed by atoms with Crippen LogP contribution in [0, 0.1) is 0 Å². The highest BCUT2D eigenvalue weighted by atomic mass is 16.5. The summed E-state index contributed by atoms with van der Waals surface area (Å²) in [5, 5.41) is 3.51. The SMILES string of the molecule is COc1cccc(CNCc2ccccc2CN(C)C)c1. The highest BCUT2D eigenvalue weighted by molar-refractivity contribution is 5.29. The van der Waals surface area contributed by atoms with Crippen molar-refractivity contribution < 1.29 is 4.74 Å². The summed E-state index contributed by atoms with van der Waals surface area (Å²) in [6.45, 7) is 2.69. The van der Waals surface area contributed by atoms with Crippen molar-refractivity contribution >= 4 is 0 Å². The van der Waals surface area contributed by atoms with Crippen LogP contribution < -0.4 is 10.1 Å². The van der Waals surface area contributed by atoms with E-state index >= 15 is 0 Å². The molecule has 0 heterocycles. The van der Waals surface area contributed by atoms with Gasteiger partial charge in [0.2, 0.25) is 0 Å². The van der Waals surface area contributed by atoms with Gasteiger partial charge < -0.3 is 15.0 Å². The molecule has 0 aliphatic heterocycles. The molecule has 0 unspecified atom stereocenters. The van der Waals surface area contributed by atoms with Crippen molar-refractivity contribution in [2.75, 3.05) is 21.2 Å². The van der Waals surface area contributed by atoms with Crippen molar-refractivity contribution in [2.24, 2.45) is 0 Å². The largest absolute Gasteiger partial charge is 0.497 e. The standard InChI is InChI=1S/C18H24N2O/c1-20(2)14-17-9-5-4-8-16(17)13-19-12-15-7-6-10-18(11-15)21-3/h4-11,19H,12-14H2,1-3H3. The minimum Gasteiger partial charge on any atom is -0.497 e. The van der Waals surface area contributed by atoms with Gasteiger partial charge in [0, 0.05) is 19.6 Å². The van der Waals surface area contributed by atoms with E-state index < -0.39 is 0 Å². The first-order chi connectivity index (χ1) is 10.2. The summed E-state index contributed by atoms with van der Waals surface area (Å²) in [6, 6.07) is 16.8. The quantitative estimate of drug-likeness (QED) is 0.846. The van der Waals surface area contributed by atoms with Gasteiger partial charge in [0.15, 0.2) is 0 Å². The minimum absolute atomic E-state index is 0.841. The Bertz CT molecular complexity index is 567. The molecule has 0 amide bonds. The maximum absolute atomic E-state index is 5.25. The molecule has 2 aromatic rings. The van der Waals surface area contributed by atoms with E-state index in [0.29, 0.717) is 0 Å². The van der Waals surface area contributed by atoms with Crippen molar-refractivity contribution in [1.29, 1.82) is 0 Å². The molecular formula is C18H24N2O. The van der Waals surface area contributed by atoms with Gasteiger partial charge in [0.25, 0.3) is 0 Å². The number of rotatable bonds is 7. The first-order valence-corrected chi connectivity index (χ1v) is 7.24. The summed E-state index contributed by atoms with van der Waals surface area (Å²) < 4.78 is 5.25. The Morgan fingerprint density at radius 3 is 2.43 bits per heavy atom. The Morgan fingerprint density at radius 2 is 1.71 bits per heavy atom. The van der Waals surface area contributed by atoms with Crippen LogP contribution in [0.4, 0.5) is 0 Å². The number of methoxy groups -OCH3 is 1. The highest BCUT2D eigenvalue weighted by Crippen LogP contribution is 2.13. The molecule has 2 aromatic carbocycles. The Kier molecular flexibility index (Phi) is 5.78. The average molecular weight is 284 g/mol. The fraction of sp³-hybridized carbons (Fsp3) is 0.333. The van der Waals surface area contributed by atoms with Gasteiger partial charge in [-0.2, -0.15) is 0 Å². The predicted molar refractivity (Wildman–Crippen MR) is 87.4 cm³/mol. The molecule has 0 saturated heterocycles. The Morgan fingerprint density at radius 1 is 0.952 bits per heavy atom. The number of nitrogens with one attached hydrogen (secondary N) is 1. The number of hydrogen-bond donors (Lipinski definition) is 1. The summed E-state index contributed by atoms with van der Waals surface area (Å²) in [6.07, 6.45) is 0. The lowest BCUT2D eigenvalue weighted by Gasteiger charge is -2.14. The molecule has 0 aromatic heterocycles. The molecule has 112 valence electrons. The summed E-state index contributed by atoms with van der Waals surface area (Å²) >= 11 is 0. The van der Waals surface area contributed by atoms with E-state index in [9.17, 15) is 0 Å². The molecule has 3 nitrogen and oxygen atoms in total. The molecule has 3 heteroatoms. The third-order valence-corrected chi connectivity index (χ3v) is 3.38. The van der Waals surface area contributed by atoms with Crippen LogP contribution in [0.15, 0.2) is 48.5 Å². The molecular weight excluding hydrogens is 260 g/mol. The zero-order chi connectivity index (χ0) is 15.1. The van der Waals surface area contributed by atoms with E-state index in [2.05, 4.69) is 60.7 Å². The Labute approximate surface area is 127 Å². The van der Waals surface area contributed by atoms with Crippen LogP contribution in [0.2, 0.25) is 0 Å². The van der Waals surface area contributed by atoms with Gasteiger partial charge in [0.05, 0.1) is 7.11 Å². The lowest BCUT2D eigenvalue weighted by molar-refractivity contribution is 0.400. The van der Waals surface area contributed by atoms with Crippen LogP contribution in [0.25, 0.3) is 0 Å². The maximum Gasteiger partial charge on any atom is 0.119 e. The van der Waals surface area contributed by atoms with E-state index in [4.69, 9.17) is 4.74 Å². The summed E-state index contributed by atoms with van der Waals surface area (Å²) in [4.78, 5) is 2.20. The van der Waals surface area contributed by atoms with E-state index in [1.54, 1.807) is 7.11 Å². The van der Waals surface area contributed by atoms with Gasteiger partial charge in [0.1, 0.15) is 5.75 Å². The first-order valence-electron chi connectivity index (χ1n) is 7.24. The van der Waals surface area contributed by atoms with Crippen molar-refractivity contribution in [1.82, 2.24) is 10.2 Å². The van der Waals surface area contributed by atoms with Crippen molar-refractivity contribution in [3.63, 3.8) is 0 Å². The molecule has 2 rings (SSSR count). The van der Waals surface area contributed by atoms with Crippen LogP contribution >= 0.6 is 0 Å². The van der Waals surface area contributed by atoms with Gasteiger partial charge in [-0.05, 0) is 42.9 Å². The number of nitrogens with zero attached hydrogens (tertiary/aromatic N) is 1. The van der Waals surface area contributed by atoms with Gasteiger partial charge in [-0.3, -0.25) is 0 Å². The lowest BCUT2D eigenvalue weighted by Crippen LogP contribution is -2.17. The molecule has 0 bridgehead atoms. The van der Waals surface area contributed by atoms with Crippen LogP contribution in [0.1, 0.15) is 16.7 Å². The Balaban J connectivity index is 1.94. The number of ether oxygens (including phenoxy) is 1. The molecule has 0 atom stereocenters. The second-order valence-corrected chi connectivity index (χ2v) is 5.46. The molecule has 1 N–H and O–H groups in total. The third kappa shape index (κ3) is 4.88.